The molecule has 6 heteroatoms. The fraction of sp³-hybridized carbons (Fsp3) is 0.231. The highest BCUT2D eigenvalue weighted by molar-refractivity contribution is 5.81. The van der Waals surface area contributed by atoms with E-state index >= 15 is 0 Å². The van der Waals surface area contributed by atoms with E-state index in [1.165, 1.54) is 0 Å². The van der Waals surface area contributed by atoms with Gasteiger partial charge in [-0.2, -0.15) is 0 Å². The van der Waals surface area contributed by atoms with E-state index in [2.05, 4.69) is 20.5 Å². The first-order valence-corrected chi connectivity index (χ1v) is 5.75. The Morgan fingerprint density at radius 3 is 2.58 bits per heavy atom. The molecule has 0 fully saturated rings. The predicted octanol–water partition coefficient (Wildman–Crippen LogP) is 1.81. The van der Waals surface area contributed by atoms with Gasteiger partial charge in [-0.25, -0.2) is 4.79 Å². The van der Waals surface area contributed by atoms with Crippen LogP contribution in [0.3, 0.4) is 0 Å². The van der Waals surface area contributed by atoms with Crippen molar-refractivity contribution in [3.05, 3.63) is 36.7 Å². The van der Waals surface area contributed by atoms with Crippen LogP contribution in [-0.2, 0) is 4.79 Å². The van der Waals surface area contributed by atoms with Crippen LogP contribution in [-0.4, -0.2) is 31.8 Å². The number of anilines is 1. The number of hydrogen-bond acceptors (Lipinski definition) is 5. The summed E-state index contributed by atoms with van der Waals surface area (Å²) in [5.41, 5.74) is 0.454. The van der Waals surface area contributed by atoms with E-state index < -0.39 is 11.5 Å². The van der Waals surface area contributed by atoms with Crippen LogP contribution >= 0.6 is 0 Å². The Balaban J connectivity index is 2.18. The van der Waals surface area contributed by atoms with Crippen LogP contribution in [0.15, 0.2) is 36.7 Å². The molecule has 2 aromatic heterocycles. The van der Waals surface area contributed by atoms with Gasteiger partial charge in [0.2, 0.25) is 0 Å². The van der Waals surface area contributed by atoms with Crippen molar-refractivity contribution in [2.24, 2.45) is 0 Å². The summed E-state index contributed by atoms with van der Waals surface area (Å²) >= 11 is 0. The normalized spacial score (nSPS) is 11.1. The summed E-state index contributed by atoms with van der Waals surface area (Å²) in [4.78, 5) is 15.0. The van der Waals surface area contributed by atoms with Crippen molar-refractivity contribution in [3.8, 4) is 11.3 Å². The maximum Gasteiger partial charge on any atom is 0.328 e. The maximum atomic E-state index is 11.0. The standard InChI is InChI=1S/C13H14N4O2/c1-13(2,12(18)19)15-11-6-5-10(16-17-11)9-4-3-7-14-8-9/h3-8H,1-2H3,(H,15,17)(H,18,19). The maximum absolute atomic E-state index is 11.0. The predicted molar refractivity (Wildman–Crippen MR) is 70.6 cm³/mol. The van der Waals surface area contributed by atoms with Gasteiger partial charge in [0.1, 0.15) is 11.4 Å². The van der Waals surface area contributed by atoms with E-state index in [4.69, 9.17) is 5.11 Å². The molecule has 0 saturated carbocycles. The molecule has 0 radical (unpaired) electrons. The van der Waals surface area contributed by atoms with Gasteiger partial charge in [0, 0.05) is 18.0 Å². The number of carboxylic acid groups (broad SMARTS) is 1. The second-order valence-corrected chi connectivity index (χ2v) is 4.60. The molecule has 0 amide bonds. The Morgan fingerprint density at radius 1 is 1.26 bits per heavy atom. The molecule has 0 saturated heterocycles. The molecule has 0 spiro atoms. The van der Waals surface area contributed by atoms with Gasteiger partial charge in [-0.05, 0) is 38.1 Å². The minimum atomic E-state index is -1.09. The average Bonchev–Trinajstić information content (AvgIpc) is 2.40. The second kappa shape index (κ2) is 5.01. The molecule has 6 nitrogen and oxygen atoms in total. The van der Waals surface area contributed by atoms with Crippen LogP contribution in [0.25, 0.3) is 11.3 Å². The van der Waals surface area contributed by atoms with Crippen molar-refractivity contribution in [1.82, 2.24) is 15.2 Å². The van der Waals surface area contributed by atoms with Gasteiger partial charge in [0.15, 0.2) is 0 Å². The first-order chi connectivity index (χ1) is 8.99. The quantitative estimate of drug-likeness (QED) is 0.869. The number of carboxylic acids is 1. The SMILES string of the molecule is CC(C)(Nc1ccc(-c2cccnc2)nn1)C(=O)O. The van der Waals surface area contributed by atoms with Crippen molar-refractivity contribution in [2.75, 3.05) is 5.32 Å². The molecule has 0 aliphatic carbocycles. The summed E-state index contributed by atoms with van der Waals surface area (Å²) in [5.74, 6) is -0.536. The average molecular weight is 258 g/mol. The van der Waals surface area contributed by atoms with Crippen LogP contribution in [0.5, 0.6) is 0 Å². The molecule has 0 aromatic carbocycles. The van der Waals surface area contributed by atoms with Gasteiger partial charge in [-0.15, -0.1) is 10.2 Å². The van der Waals surface area contributed by atoms with Gasteiger partial charge >= 0.3 is 5.97 Å². The third-order valence-electron chi connectivity index (χ3n) is 2.60. The van der Waals surface area contributed by atoms with E-state index in [0.29, 0.717) is 11.5 Å². The molecular formula is C13H14N4O2. The number of nitrogens with one attached hydrogen (secondary N) is 1. The van der Waals surface area contributed by atoms with Crippen molar-refractivity contribution < 1.29 is 9.90 Å². The zero-order valence-electron chi connectivity index (χ0n) is 10.7. The molecule has 2 rings (SSSR count). The molecule has 98 valence electrons. The fourth-order valence-electron chi connectivity index (χ4n) is 1.44. The lowest BCUT2D eigenvalue weighted by molar-refractivity contribution is -0.141. The minimum absolute atomic E-state index is 0.417. The Bertz CT molecular complexity index is 567. The summed E-state index contributed by atoms with van der Waals surface area (Å²) < 4.78 is 0. The number of hydrogen-bond donors (Lipinski definition) is 2. The molecule has 0 aliphatic rings. The Morgan fingerprint density at radius 2 is 2.05 bits per heavy atom. The second-order valence-electron chi connectivity index (χ2n) is 4.60. The molecular weight excluding hydrogens is 244 g/mol. The summed E-state index contributed by atoms with van der Waals surface area (Å²) in [6.07, 6.45) is 3.38. The lowest BCUT2D eigenvalue weighted by atomic mass is 10.1. The summed E-state index contributed by atoms with van der Waals surface area (Å²) in [6.45, 7) is 3.12. The molecule has 0 aliphatic heterocycles. The van der Waals surface area contributed by atoms with Crippen LogP contribution in [0, 0.1) is 0 Å². The van der Waals surface area contributed by atoms with E-state index in [9.17, 15) is 4.79 Å². The molecule has 2 N–H and O–H groups in total. The Kier molecular flexibility index (Phi) is 3.41. The monoisotopic (exact) mass is 258 g/mol. The van der Waals surface area contributed by atoms with Crippen molar-refractivity contribution >= 4 is 11.8 Å². The first-order valence-electron chi connectivity index (χ1n) is 5.75. The highest BCUT2D eigenvalue weighted by atomic mass is 16.4. The van der Waals surface area contributed by atoms with Gasteiger partial charge in [-0.3, -0.25) is 4.98 Å². The van der Waals surface area contributed by atoms with Crippen molar-refractivity contribution in [3.63, 3.8) is 0 Å². The van der Waals surface area contributed by atoms with E-state index in [1.54, 1.807) is 38.4 Å². The van der Waals surface area contributed by atoms with Gasteiger partial charge in [0.25, 0.3) is 0 Å². The van der Waals surface area contributed by atoms with Crippen LogP contribution in [0.4, 0.5) is 5.82 Å². The fourth-order valence-corrected chi connectivity index (χ4v) is 1.44. The number of rotatable bonds is 4. The van der Waals surface area contributed by atoms with Gasteiger partial charge < -0.3 is 10.4 Å². The summed E-state index contributed by atoms with van der Waals surface area (Å²) in [5, 5.41) is 19.8. The number of aromatic nitrogens is 3. The smallest absolute Gasteiger partial charge is 0.328 e. The highest BCUT2D eigenvalue weighted by Crippen LogP contribution is 2.17. The number of aliphatic carboxylic acids is 1. The lowest BCUT2D eigenvalue weighted by Gasteiger charge is -2.21. The summed E-state index contributed by atoms with van der Waals surface area (Å²) in [6, 6.07) is 7.16. The molecule has 2 heterocycles. The molecule has 0 bridgehead atoms. The third kappa shape index (κ3) is 3.04. The van der Waals surface area contributed by atoms with Crippen LogP contribution in [0.1, 0.15) is 13.8 Å². The van der Waals surface area contributed by atoms with Gasteiger partial charge in [0.05, 0.1) is 5.69 Å². The third-order valence-corrected chi connectivity index (χ3v) is 2.60. The molecule has 0 atom stereocenters. The van der Waals surface area contributed by atoms with Crippen molar-refractivity contribution in [1.29, 1.82) is 0 Å². The zero-order chi connectivity index (χ0) is 13.9. The zero-order valence-corrected chi connectivity index (χ0v) is 10.7. The largest absolute Gasteiger partial charge is 0.480 e. The van der Waals surface area contributed by atoms with E-state index in [-0.39, 0.29) is 0 Å². The Hall–Kier alpha value is -2.50. The minimum Gasteiger partial charge on any atom is -0.480 e. The van der Waals surface area contributed by atoms with Crippen LogP contribution < -0.4 is 5.32 Å². The molecule has 0 unspecified atom stereocenters. The van der Waals surface area contributed by atoms with Gasteiger partial charge in [-0.1, -0.05) is 0 Å². The Labute approximate surface area is 110 Å². The topological polar surface area (TPSA) is 88.0 Å². The summed E-state index contributed by atoms with van der Waals surface area (Å²) in [7, 11) is 0. The van der Waals surface area contributed by atoms with E-state index in [1.807, 2.05) is 12.1 Å². The molecule has 2 aromatic rings. The number of nitrogens with zero attached hydrogens (tertiary/aromatic N) is 3. The number of carbonyl (C=O) groups is 1. The van der Waals surface area contributed by atoms with E-state index in [0.717, 1.165) is 5.56 Å². The number of pyridine rings is 1. The highest BCUT2D eigenvalue weighted by Gasteiger charge is 2.27. The lowest BCUT2D eigenvalue weighted by Crippen LogP contribution is -2.40. The first kappa shape index (κ1) is 12.9. The molecule has 19 heavy (non-hydrogen) atoms. The van der Waals surface area contributed by atoms with Crippen molar-refractivity contribution in [2.45, 2.75) is 19.4 Å². The van der Waals surface area contributed by atoms with Crippen LogP contribution in [0.2, 0.25) is 0 Å².